The van der Waals surface area contributed by atoms with Crippen molar-refractivity contribution in [1.82, 2.24) is 5.32 Å². The van der Waals surface area contributed by atoms with Gasteiger partial charge in [0.15, 0.2) is 0 Å². The molecule has 96 valence electrons. The fourth-order valence-electron chi connectivity index (χ4n) is 2.00. The number of hydrogen-bond acceptors (Lipinski definition) is 1. The van der Waals surface area contributed by atoms with E-state index in [1.807, 2.05) is 13.0 Å². The molecule has 1 aromatic rings. The van der Waals surface area contributed by atoms with Crippen LogP contribution in [0.1, 0.15) is 44.2 Å². The van der Waals surface area contributed by atoms with Gasteiger partial charge in [0.1, 0.15) is 5.82 Å². The third-order valence-corrected chi connectivity index (χ3v) is 3.14. The number of rotatable bonds is 7. The van der Waals surface area contributed by atoms with Gasteiger partial charge >= 0.3 is 0 Å². The predicted octanol–water partition coefficient (Wildman–Crippen LogP) is 3.84. The Labute approximate surface area is 104 Å². The first-order valence-corrected chi connectivity index (χ1v) is 6.62. The number of nitrogens with one attached hydrogen (secondary N) is 1. The smallest absolute Gasteiger partial charge is 0.123 e. The highest BCUT2D eigenvalue weighted by atomic mass is 19.1. The molecule has 0 spiro atoms. The minimum Gasteiger partial charge on any atom is -0.314 e. The summed E-state index contributed by atoms with van der Waals surface area (Å²) in [4.78, 5) is 0. The molecule has 1 aromatic carbocycles. The fourth-order valence-corrected chi connectivity index (χ4v) is 2.00. The molecule has 0 heterocycles. The van der Waals surface area contributed by atoms with Crippen LogP contribution in [0.4, 0.5) is 4.39 Å². The van der Waals surface area contributed by atoms with Crippen molar-refractivity contribution in [1.29, 1.82) is 0 Å². The van der Waals surface area contributed by atoms with Crippen LogP contribution in [0.5, 0.6) is 0 Å². The van der Waals surface area contributed by atoms with Crippen LogP contribution in [-0.2, 0) is 6.42 Å². The molecule has 0 aliphatic heterocycles. The topological polar surface area (TPSA) is 12.0 Å². The van der Waals surface area contributed by atoms with Crippen molar-refractivity contribution in [2.24, 2.45) is 0 Å². The lowest BCUT2D eigenvalue weighted by Gasteiger charge is -2.13. The molecule has 1 nitrogen and oxygen atoms in total. The maximum Gasteiger partial charge on any atom is 0.123 e. The maximum atomic E-state index is 13.1. The summed E-state index contributed by atoms with van der Waals surface area (Å²) in [5.74, 6) is -0.122. The van der Waals surface area contributed by atoms with Crippen molar-refractivity contribution in [3.63, 3.8) is 0 Å². The summed E-state index contributed by atoms with van der Waals surface area (Å²) in [6.45, 7) is 7.53. The van der Waals surface area contributed by atoms with Crippen LogP contribution < -0.4 is 5.32 Å². The molecule has 17 heavy (non-hydrogen) atoms. The van der Waals surface area contributed by atoms with Crippen molar-refractivity contribution in [3.05, 3.63) is 35.1 Å². The average molecular weight is 237 g/mol. The summed E-state index contributed by atoms with van der Waals surface area (Å²) in [6.07, 6.45) is 4.41. The van der Waals surface area contributed by atoms with E-state index in [2.05, 4.69) is 19.2 Å². The molecule has 1 unspecified atom stereocenters. The lowest BCUT2D eigenvalue weighted by atomic mass is 10.0. The molecule has 1 N–H and O–H groups in total. The lowest BCUT2D eigenvalue weighted by Crippen LogP contribution is -2.26. The highest BCUT2D eigenvalue weighted by molar-refractivity contribution is 5.26. The van der Waals surface area contributed by atoms with Crippen LogP contribution in [0.25, 0.3) is 0 Å². The third-order valence-electron chi connectivity index (χ3n) is 3.14. The molecule has 2 heteroatoms. The summed E-state index contributed by atoms with van der Waals surface area (Å²) in [6, 6.07) is 5.62. The van der Waals surface area contributed by atoms with E-state index >= 15 is 0 Å². The molecule has 0 saturated carbocycles. The largest absolute Gasteiger partial charge is 0.314 e. The number of aryl methyl sites for hydroxylation is 2. The zero-order valence-electron chi connectivity index (χ0n) is 11.2. The Hall–Kier alpha value is -0.890. The van der Waals surface area contributed by atoms with Gasteiger partial charge in [-0.2, -0.15) is 0 Å². The van der Waals surface area contributed by atoms with Gasteiger partial charge in [-0.1, -0.05) is 13.0 Å². The van der Waals surface area contributed by atoms with Gasteiger partial charge in [-0.05, 0) is 69.3 Å². The maximum absolute atomic E-state index is 13.1. The first-order chi connectivity index (χ1) is 8.13. The summed E-state index contributed by atoms with van der Waals surface area (Å²) < 4.78 is 13.1. The molecule has 1 atom stereocenters. The van der Waals surface area contributed by atoms with Crippen LogP contribution in [0.2, 0.25) is 0 Å². The summed E-state index contributed by atoms with van der Waals surface area (Å²) in [5.41, 5.74) is 2.34. The van der Waals surface area contributed by atoms with Crippen LogP contribution >= 0.6 is 0 Å². The quantitative estimate of drug-likeness (QED) is 0.759. The van der Waals surface area contributed by atoms with E-state index < -0.39 is 0 Å². The number of benzene rings is 1. The average Bonchev–Trinajstić information content (AvgIpc) is 2.31. The Balaban J connectivity index is 2.32. The van der Waals surface area contributed by atoms with E-state index in [4.69, 9.17) is 0 Å². The van der Waals surface area contributed by atoms with E-state index in [-0.39, 0.29) is 5.82 Å². The van der Waals surface area contributed by atoms with Crippen molar-refractivity contribution >= 4 is 0 Å². The molecule has 0 aliphatic rings. The molecular weight excluding hydrogens is 213 g/mol. The van der Waals surface area contributed by atoms with E-state index in [9.17, 15) is 4.39 Å². The highest BCUT2D eigenvalue weighted by Crippen LogP contribution is 2.13. The monoisotopic (exact) mass is 237 g/mol. The molecule has 0 aliphatic carbocycles. The Morgan fingerprint density at radius 3 is 2.82 bits per heavy atom. The molecular formula is C15H24FN. The number of hydrogen-bond donors (Lipinski definition) is 1. The normalized spacial score (nSPS) is 12.7. The zero-order chi connectivity index (χ0) is 12.7. The van der Waals surface area contributed by atoms with E-state index in [1.165, 1.54) is 18.1 Å². The molecule has 0 fully saturated rings. The second kappa shape index (κ2) is 7.44. The van der Waals surface area contributed by atoms with Gasteiger partial charge in [-0.3, -0.25) is 0 Å². The summed E-state index contributed by atoms with van der Waals surface area (Å²) in [5, 5.41) is 3.47. The van der Waals surface area contributed by atoms with E-state index in [1.54, 1.807) is 6.07 Å². The lowest BCUT2D eigenvalue weighted by molar-refractivity contribution is 0.497. The van der Waals surface area contributed by atoms with Gasteiger partial charge in [0.05, 0.1) is 0 Å². The first kappa shape index (κ1) is 14.2. The Kier molecular flexibility index (Phi) is 6.20. The minimum atomic E-state index is -0.122. The van der Waals surface area contributed by atoms with Gasteiger partial charge in [0, 0.05) is 6.04 Å². The minimum absolute atomic E-state index is 0.122. The number of halogens is 1. The van der Waals surface area contributed by atoms with Gasteiger partial charge in [0.25, 0.3) is 0 Å². The summed E-state index contributed by atoms with van der Waals surface area (Å²) in [7, 11) is 0. The SMILES string of the molecule is CCCNC(C)CCCc1cc(F)ccc1C. The van der Waals surface area contributed by atoms with Crippen LogP contribution in [-0.4, -0.2) is 12.6 Å². The van der Waals surface area contributed by atoms with Crippen molar-refractivity contribution in [2.45, 2.75) is 52.5 Å². The predicted molar refractivity (Wildman–Crippen MR) is 71.8 cm³/mol. The van der Waals surface area contributed by atoms with Gasteiger partial charge in [0.2, 0.25) is 0 Å². The third kappa shape index (κ3) is 5.31. The van der Waals surface area contributed by atoms with Crippen molar-refractivity contribution in [2.75, 3.05) is 6.54 Å². The second-order valence-electron chi connectivity index (χ2n) is 4.82. The fraction of sp³-hybridized carbons (Fsp3) is 0.600. The van der Waals surface area contributed by atoms with Crippen LogP contribution in [0.3, 0.4) is 0 Å². The molecule has 0 radical (unpaired) electrons. The molecule has 0 amide bonds. The van der Waals surface area contributed by atoms with E-state index in [0.717, 1.165) is 31.4 Å². The molecule has 0 saturated heterocycles. The van der Waals surface area contributed by atoms with Crippen molar-refractivity contribution < 1.29 is 4.39 Å². The van der Waals surface area contributed by atoms with Crippen LogP contribution in [0, 0.1) is 12.7 Å². The van der Waals surface area contributed by atoms with E-state index in [0.29, 0.717) is 6.04 Å². The van der Waals surface area contributed by atoms with Crippen LogP contribution in [0.15, 0.2) is 18.2 Å². The molecule has 0 aromatic heterocycles. The second-order valence-corrected chi connectivity index (χ2v) is 4.82. The van der Waals surface area contributed by atoms with Crippen molar-refractivity contribution in [3.8, 4) is 0 Å². The summed E-state index contributed by atoms with van der Waals surface area (Å²) >= 11 is 0. The first-order valence-electron chi connectivity index (χ1n) is 6.62. The highest BCUT2D eigenvalue weighted by Gasteiger charge is 2.03. The zero-order valence-corrected chi connectivity index (χ0v) is 11.2. The Bertz CT molecular complexity index is 336. The molecule has 1 rings (SSSR count). The van der Waals surface area contributed by atoms with Gasteiger partial charge in [-0.15, -0.1) is 0 Å². The Morgan fingerprint density at radius 2 is 2.12 bits per heavy atom. The van der Waals surface area contributed by atoms with Gasteiger partial charge < -0.3 is 5.32 Å². The van der Waals surface area contributed by atoms with Gasteiger partial charge in [-0.25, -0.2) is 4.39 Å². The standard InChI is InChI=1S/C15H24FN/c1-4-10-17-13(3)6-5-7-14-11-15(16)9-8-12(14)2/h8-9,11,13,17H,4-7,10H2,1-3H3. The molecule has 0 bridgehead atoms. The Morgan fingerprint density at radius 1 is 1.35 bits per heavy atom.